The maximum Gasteiger partial charge on any atom is 0.155 e. The Labute approximate surface area is 76.9 Å². The topological polar surface area (TPSA) is 51.8 Å². The SMILES string of the molecule is CC(C)Cc1cc(N)nnc1Cl. The van der Waals surface area contributed by atoms with Gasteiger partial charge in [-0.2, -0.15) is 0 Å². The predicted molar refractivity (Wildman–Crippen MR) is 50.0 cm³/mol. The van der Waals surface area contributed by atoms with E-state index in [1.165, 1.54) is 0 Å². The molecule has 0 bridgehead atoms. The van der Waals surface area contributed by atoms with Crippen molar-refractivity contribution >= 4 is 17.4 Å². The van der Waals surface area contributed by atoms with E-state index in [0.29, 0.717) is 16.9 Å². The first-order valence-corrected chi connectivity index (χ1v) is 4.25. The van der Waals surface area contributed by atoms with Crippen LogP contribution in [0.5, 0.6) is 0 Å². The lowest BCUT2D eigenvalue weighted by molar-refractivity contribution is 0.644. The van der Waals surface area contributed by atoms with Gasteiger partial charge in [0.1, 0.15) is 5.82 Å². The fourth-order valence-corrected chi connectivity index (χ4v) is 1.19. The van der Waals surface area contributed by atoms with Crippen molar-refractivity contribution in [2.45, 2.75) is 20.3 Å². The number of rotatable bonds is 2. The van der Waals surface area contributed by atoms with Gasteiger partial charge < -0.3 is 5.73 Å². The summed E-state index contributed by atoms with van der Waals surface area (Å²) in [6.07, 6.45) is 0.887. The molecule has 0 aliphatic heterocycles. The molecule has 0 aromatic carbocycles. The van der Waals surface area contributed by atoms with Gasteiger partial charge in [0.2, 0.25) is 0 Å². The van der Waals surface area contributed by atoms with E-state index in [-0.39, 0.29) is 0 Å². The fraction of sp³-hybridized carbons (Fsp3) is 0.500. The lowest BCUT2D eigenvalue weighted by Gasteiger charge is -2.05. The van der Waals surface area contributed by atoms with Gasteiger partial charge >= 0.3 is 0 Å². The van der Waals surface area contributed by atoms with Crippen molar-refractivity contribution in [3.05, 3.63) is 16.8 Å². The molecule has 0 aliphatic rings. The molecule has 0 amide bonds. The molecule has 12 heavy (non-hydrogen) atoms. The fourth-order valence-electron chi connectivity index (χ4n) is 1.02. The first-order chi connectivity index (χ1) is 5.59. The summed E-state index contributed by atoms with van der Waals surface area (Å²) in [4.78, 5) is 0. The second kappa shape index (κ2) is 3.72. The van der Waals surface area contributed by atoms with Crippen LogP contribution in [0.1, 0.15) is 19.4 Å². The van der Waals surface area contributed by atoms with E-state index in [2.05, 4.69) is 24.0 Å². The van der Waals surface area contributed by atoms with Crippen LogP contribution < -0.4 is 5.73 Å². The summed E-state index contributed by atoms with van der Waals surface area (Å²) in [6.45, 7) is 4.24. The highest BCUT2D eigenvalue weighted by Crippen LogP contribution is 2.17. The van der Waals surface area contributed by atoms with E-state index < -0.39 is 0 Å². The van der Waals surface area contributed by atoms with Gasteiger partial charge in [0.15, 0.2) is 5.15 Å². The molecule has 0 saturated carbocycles. The molecule has 0 saturated heterocycles. The van der Waals surface area contributed by atoms with E-state index in [0.717, 1.165) is 12.0 Å². The molecule has 0 fully saturated rings. The number of nitrogens with zero attached hydrogens (tertiary/aromatic N) is 2. The van der Waals surface area contributed by atoms with Crippen LogP contribution in [0.4, 0.5) is 5.82 Å². The standard InChI is InChI=1S/C8H12ClN3/c1-5(2)3-6-4-7(10)11-12-8(6)9/h4-5H,3H2,1-2H3,(H2,10,11). The average Bonchev–Trinajstić information content (AvgIpc) is 1.96. The first-order valence-electron chi connectivity index (χ1n) is 3.87. The third-order valence-corrected chi connectivity index (χ3v) is 1.79. The highest BCUT2D eigenvalue weighted by Gasteiger charge is 2.05. The molecule has 0 atom stereocenters. The highest BCUT2D eigenvalue weighted by atomic mass is 35.5. The summed E-state index contributed by atoms with van der Waals surface area (Å²) in [5.41, 5.74) is 6.44. The zero-order valence-electron chi connectivity index (χ0n) is 7.21. The van der Waals surface area contributed by atoms with E-state index >= 15 is 0 Å². The summed E-state index contributed by atoms with van der Waals surface area (Å²) >= 11 is 5.81. The number of halogens is 1. The van der Waals surface area contributed by atoms with E-state index in [4.69, 9.17) is 17.3 Å². The second-order valence-electron chi connectivity index (χ2n) is 3.18. The number of hydrogen-bond donors (Lipinski definition) is 1. The quantitative estimate of drug-likeness (QED) is 0.766. The molecular weight excluding hydrogens is 174 g/mol. The molecule has 0 spiro atoms. The lowest BCUT2D eigenvalue weighted by Crippen LogP contribution is -2.00. The Hall–Kier alpha value is -0.830. The van der Waals surface area contributed by atoms with E-state index in [1.54, 1.807) is 6.07 Å². The van der Waals surface area contributed by atoms with Crippen molar-refractivity contribution in [3.8, 4) is 0 Å². The lowest BCUT2D eigenvalue weighted by atomic mass is 10.1. The molecule has 1 aromatic rings. The number of nitrogens with two attached hydrogens (primary N) is 1. The molecule has 1 heterocycles. The predicted octanol–water partition coefficient (Wildman–Crippen LogP) is 1.91. The van der Waals surface area contributed by atoms with Crippen LogP contribution in [-0.4, -0.2) is 10.2 Å². The Morgan fingerprint density at radius 2 is 2.17 bits per heavy atom. The molecule has 2 N–H and O–H groups in total. The molecule has 4 heteroatoms. The molecular formula is C8H12ClN3. The van der Waals surface area contributed by atoms with Gasteiger partial charge in [0.05, 0.1) is 0 Å². The molecule has 1 rings (SSSR count). The van der Waals surface area contributed by atoms with Crippen molar-refractivity contribution in [2.24, 2.45) is 5.92 Å². The largest absolute Gasteiger partial charge is 0.382 e. The maximum atomic E-state index is 5.81. The zero-order chi connectivity index (χ0) is 9.14. The van der Waals surface area contributed by atoms with Crippen LogP contribution in [0.25, 0.3) is 0 Å². The Bertz CT molecular complexity index is 273. The average molecular weight is 186 g/mol. The Morgan fingerprint density at radius 1 is 1.50 bits per heavy atom. The number of anilines is 1. The van der Waals surface area contributed by atoms with Crippen LogP contribution in [-0.2, 0) is 6.42 Å². The smallest absolute Gasteiger partial charge is 0.155 e. The minimum absolute atomic E-state index is 0.426. The van der Waals surface area contributed by atoms with Gasteiger partial charge in [-0.05, 0) is 24.0 Å². The van der Waals surface area contributed by atoms with Gasteiger partial charge in [0.25, 0.3) is 0 Å². The van der Waals surface area contributed by atoms with Crippen molar-refractivity contribution in [3.63, 3.8) is 0 Å². The minimum Gasteiger partial charge on any atom is -0.382 e. The monoisotopic (exact) mass is 185 g/mol. The summed E-state index contributed by atoms with van der Waals surface area (Å²) in [5.74, 6) is 0.973. The normalized spacial score (nSPS) is 10.7. The zero-order valence-corrected chi connectivity index (χ0v) is 7.97. The summed E-state index contributed by atoms with van der Waals surface area (Å²) in [7, 11) is 0. The molecule has 0 aliphatic carbocycles. The van der Waals surface area contributed by atoms with Crippen LogP contribution >= 0.6 is 11.6 Å². The van der Waals surface area contributed by atoms with Gasteiger partial charge in [-0.15, -0.1) is 10.2 Å². The third-order valence-electron chi connectivity index (χ3n) is 1.47. The summed E-state index contributed by atoms with van der Waals surface area (Å²) < 4.78 is 0. The number of nitrogen functional groups attached to an aromatic ring is 1. The summed E-state index contributed by atoms with van der Waals surface area (Å²) in [5, 5.41) is 7.82. The van der Waals surface area contributed by atoms with E-state index in [9.17, 15) is 0 Å². The van der Waals surface area contributed by atoms with Crippen molar-refractivity contribution in [2.75, 3.05) is 5.73 Å². The summed E-state index contributed by atoms with van der Waals surface area (Å²) in [6, 6.07) is 1.77. The van der Waals surface area contributed by atoms with Crippen LogP contribution in [0.15, 0.2) is 6.07 Å². The number of aromatic nitrogens is 2. The molecule has 0 radical (unpaired) electrons. The van der Waals surface area contributed by atoms with Crippen LogP contribution in [0.3, 0.4) is 0 Å². The van der Waals surface area contributed by atoms with Gasteiger partial charge in [-0.25, -0.2) is 0 Å². The van der Waals surface area contributed by atoms with Gasteiger partial charge in [0, 0.05) is 0 Å². The van der Waals surface area contributed by atoms with Crippen molar-refractivity contribution in [1.82, 2.24) is 10.2 Å². The van der Waals surface area contributed by atoms with Crippen LogP contribution in [0.2, 0.25) is 5.15 Å². The van der Waals surface area contributed by atoms with Crippen molar-refractivity contribution < 1.29 is 0 Å². The van der Waals surface area contributed by atoms with Crippen molar-refractivity contribution in [1.29, 1.82) is 0 Å². The molecule has 3 nitrogen and oxygen atoms in total. The Morgan fingerprint density at radius 3 is 2.75 bits per heavy atom. The van der Waals surface area contributed by atoms with Crippen LogP contribution in [0, 0.1) is 5.92 Å². The van der Waals surface area contributed by atoms with Gasteiger partial charge in [-0.1, -0.05) is 25.4 Å². The van der Waals surface area contributed by atoms with Gasteiger partial charge in [-0.3, -0.25) is 0 Å². The minimum atomic E-state index is 0.426. The Balaban J connectivity index is 2.90. The molecule has 0 unspecified atom stereocenters. The third kappa shape index (κ3) is 2.34. The highest BCUT2D eigenvalue weighted by molar-refractivity contribution is 6.30. The first kappa shape index (κ1) is 9.26. The second-order valence-corrected chi connectivity index (χ2v) is 3.54. The van der Waals surface area contributed by atoms with E-state index in [1.807, 2.05) is 0 Å². The Kier molecular flexibility index (Phi) is 2.87. The maximum absolute atomic E-state index is 5.81. The molecule has 66 valence electrons. The molecule has 1 aromatic heterocycles. The number of hydrogen-bond acceptors (Lipinski definition) is 3.